The Morgan fingerprint density at radius 3 is 2.84 bits per heavy atom. The van der Waals surface area contributed by atoms with Crippen molar-refractivity contribution < 1.29 is 9.90 Å². The van der Waals surface area contributed by atoms with Gasteiger partial charge in [-0.15, -0.1) is 0 Å². The summed E-state index contributed by atoms with van der Waals surface area (Å²) >= 11 is 5.95. The SMILES string of the molecule is Cc1c(Cl)cccc1NC(=O)c1c[nH]c(=O)cc1O. The molecule has 6 heteroatoms. The Morgan fingerprint density at radius 2 is 2.16 bits per heavy atom. The van der Waals surface area contributed by atoms with Crippen LogP contribution in [0.4, 0.5) is 5.69 Å². The van der Waals surface area contributed by atoms with Gasteiger partial charge in [0, 0.05) is 23.0 Å². The van der Waals surface area contributed by atoms with Crippen LogP contribution in [0.3, 0.4) is 0 Å². The van der Waals surface area contributed by atoms with Crippen molar-refractivity contribution in [1.29, 1.82) is 0 Å². The van der Waals surface area contributed by atoms with Gasteiger partial charge in [0.2, 0.25) is 0 Å². The number of hydrogen-bond acceptors (Lipinski definition) is 3. The first-order valence-electron chi connectivity index (χ1n) is 5.47. The van der Waals surface area contributed by atoms with Crippen molar-refractivity contribution in [2.45, 2.75) is 6.92 Å². The zero-order valence-corrected chi connectivity index (χ0v) is 10.8. The van der Waals surface area contributed by atoms with E-state index in [4.69, 9.17) is 11.6 Å². The maximum absolute atomic E-state index is 12.0. The lowest BCUT2D eigenvalue weighted by Gasteiger charge is -2.10. The molecule has 0 unspecified atom stereocenters. The number of rotatable bonds is 2. The Kier molecular flexibility index (Phi) is 3.57. The second-order valence-corrected chi connectivity index (χ2v) is 4.37. The summed E-state index contributed by atoms with van der Waals surface area (Å²) in [5.41, 5.74) is 0.775. The molecule has 19 heavy (non-hydrogen) atoms. The number of carbonyl (C=O) groups excluding carboxylic acids is 1. The molecule has 1 aromatic heterocycles. The molecule has 0 saturated carbocycles. The molecule has 0 saturated heterocycles. The van der Waals surface area contributed by atoms with Gasteiger partial charge in [-0.3, -0.25) is 9.59 Å². The van der Waals surface area contributed by atoms with Crippen LogP contribution in [0.15, 0.2) is 35.3 Å². The normalized spacial score (nSPS) is 10.2. The van der Waals surface area contributed by atoms with Crippen LogP contribution in [0.1, 0.15) is 15.9 Å². The predicted molar refractivity (Wildman–Crippen MR) is 72.9 cm³/mol. The predicted octanol–water partition coefficient (Wildman–Crippen LogP) is 2.29. The monoisotopic (exact) mass is 278 g/mol. The first kappa shape index (κ1) is 13.2. The number of aromatic amines is 1. The third kappa shape index (κ3) is 2.77. The number of hydrogen-bond donors (Lipinski definition) is 3. The Labute approximate surface area is 113 Å². The molecule has 0 radical (unpaired) electrons. The molecule has 0 aliphatic heterocycles. The molecule has 3 N–H and O–H groups in total. The molecular formula is C13H11ClN2O3. The van der Waals surface area contributed by atoms with Crippen molar-refractivity contribution in [3.8, 4) is 5.75 Å². The number of halogens is 1. The lowest BCUT2D eigenvalue weighted by atomic mass is 10.2. The maximum atomic E-state index is 12.0. The summed E-state index contributed by atoms with van der Waals surface area (Å²) in [5, 5.41) is 12.7. The highest BCUT2D eigenvalue weighted by Crippen LogP contribution is 2.24. The molecule has 0 atom stereocenters. The standard InChI is InChI=1S/C13H11ClN2O3/c1-7-9(14)3-2-4-10(7)16-13(19)8-6-15-12(18)5-11(8)17/h2-6H,1H3,(H,16,19)(H2,15,17,18). The van der Waals surface area contributed by atoms with Crippen LogP contribution in [-0.2, 0) is 0 Å². The van der Waals surface area contributed by atoms with Crippen molar-refractivity contribution >= 4 is 23.2 Å². The van der Waals surface area contributed by atoms with Gasteiger partial charge in [-0.25, -0.2) is 0 Å². The first-order chi connectivity index (χ1) is 8.99. The minimum absolute atomic E-state index is 0.0148. The van der Waals surface area contributed by atoms with E-state index in [1.165, 1.54) is 0 Å². The fourth-order valence-electron chi connectivity index (χ4n) is 1.58. The van der Waals surface area contributed by atoms with Crippen LogP contribution in [-0.4, -0.2) is 16.0 Å². The highest BCUT2D eigenvalue weighted by atomic mass is 35.5. The van der Waals surface area contributed by atoms with Crippen LogP contribution in [0.25, 0.3) is 0 Å². The molecule has 1 amide bonds. The van der Waals surface area contributed by atoms with E-state index in [1.54, 1.807) is 25.1 Å². The minimum Gasteiger partial charge on any atom is -0.507 e. The molecule has 0 aliphatic rings. The smallest absolute Gasteiger partial charge is 0.260 e. The molecule has 1 heterocycles. The third-order valence-corrected chi connectivity index (χ3v) is 3.07. The van der Waals surface area contributed by atoms with Gasteiger partial charge >= 0.3 is 0 Å². The van der Waals surface area contributed by atoms with Crippen LogP contribution in [0.5, 0.6) is 5.75 Å². The Balaban J connectivity index is 2.31. The summed E-state index contributed by atoms with van der Waals surface area (Å²) in [6.07, 6.45) is 1.16. The third-order valence-electron chi connectivity index (χ3n) is 2.66. The van der Waals surface area contributed by atoms with E-state index in [2.05, 4.69) is 10.3 Å². The number of pyridine rings is 1. The minimum atomic E-state index is -0.529. The second-order valence-electron chi connectivity index (χ2n) is 3.96. The van der Waals surface area contributed by atoms with E-state index in [9.17, 15) is 14.7 Å². The second kappa shape index (κ2) is 5.16. The number of aromatic nitrogens is 1. The van der Waals surface area contributed by atoms with Gasteiger partial charge < -0.3 is 15.4 Å². The van der Waals surface area contributed by atoms with Gasteiger partial charge in [0.25, 0.3) is 11.5 Å². The van der Waals surface area contributed by atoms with Gasteiger partial charge in [0.05, 0.1) is 5.56 Å². The molecule has 1 aromatic carbocycles. The maximum Gasteiger partial charge on any atom is 0.260 e. The first-order valence-corrected chi connectivity index (χ1v) is 5.85. The van der Waals surface area contributed by atoms with E-state index in [1.807, 2.05) is 0 Å². The van der Waals surface area contributed by atoms with Crippen LogP contribution in [0, 0.1) is 6.92 Å². The summed E-state index contributed by atoms with van der Waals surface area (Å²) in [7, 11) is 0. The van der Waals surface area contributed by atoms with Crippen LogP contribution in [0.2, 0.25) is 5.02 Å². The van der Waals surface area contributed by atoms with Crippen LogP contribution < -0.4 is 10.9 Å². The highest BCUT2D eigenvalue weighted by Gasteiger charge is 2.13. The average molecular weight is 279 g/mol. The molecule has 0 aliphatic carbocycles. The molecule has 98 valence electrons. The van der Waals surface area contributed by atoms with Crippen molar-refractivity contribution in [2.75, 3.05) is 5.32 Å². The topological polar surface area (TPSA) is 82.2 Å². The highest BCUT2D eigenvalue weighted by molar-refractivity contribution is 6.31. The Hall–Kier alpha value is -2.27. The number of amides is 1. The summed E-state index contributed by atoms with van der Waals surface area (Å²) in [4.78, 5) is 25.3. The number of benzene rings is 1. The fourth-order valence-corrected chi connectivity index (χ4v) is 1.75. The largest absolute Gasteiger partial charge is 0.507 e. The Bertz CT molecular complexity index is 695. The van der Waals surface area contributed by atoms with Gasteiger partial charge in [-0.1, -0.05) is 17.7 Å². The summed E-state index contributed by atoms with van der Waals surface area (Å²) in [6.45, 7) is 1.77. The lowest BCUT2D eigenvalue weighted by molar-refractivity contribution is 0.102. The van der Waals surface area contributed by atoms with E-state index in [-0.39, 0.29) is 11.3 Å². The van der Waals surface area contributed by atoms with Gasteiger partial charge in [0.1, 0.15) is 5.75 Å². The Morgan fingerprint density at radius 1 is 1.42 bits per heavy atom. The van der Waals surface area contributed by atoms with Gasteiger partial charge in [0.15, 0.2) is 0 Å². The van der Waals surface area contributed by atoms with E-state index in [0.717, 1.165) is 17.8 Å². The number of H-pyrrole nitrogens is 1. The van der Waals surface area contributed by atoms with Crippen molar-refractivity contribution in [1.82, 2.24) is 4.98 Å². The van der Waals surface area contributed by atoms with Crippen molar-refractivity contribution in [3.05, 3.63) is 57.0 Å². The molecule has 0 fully saturated rings. The number of carbonyl (C=O) groups is 1. The summed E-state index contributed by atoms with van der Waals surface area (Å²) in [5.74, 6) is -0.903. The molecule has 0 bridgehead atoms. The number of aromatic hydroxyl groups is 1. The van der Waals surface area contributed by atoms with E-state index < -0.39 is 11.5 Å². The van der Waals surface area contributed by atoms with Gasteiger partial charge in [-0.2, -0.15) is 0 Å². The van der Waals surface area contributed by atoms with Crippen LogP contribution >= 0.6 is 11.6 Å². The zero-order valence-electron chi connectivity index (χ0n) is 10.0. The van der Waals surface area contributed by atoms with E-state index in [0.29, 0.717) is 10.7 Å². The van der Waals surface area contributed by atoms with Gasteiger partial charge in [-0.05, 0) is 24.6 Å². The molecule has 2 rings (SSSR count). The molecular weight excluding hydrogens is 268 g/mol. The van der Waals surface area contributed by atoms with Crippen molar-refractivity contribution in [3.63, 3.8) is 0 Å². The number of anilines is 1. The number of nitrogens with one attached hydrogen (secondary N) is 2. The fraction of sp³-hybridized carbons (Fsp3) is 0.0769. The molecule has 2 aromatic rings. The quantitative estimate of drug-likeness (QED) is 0.788. The summed E-state index contributed by atoms with van der Waals surface area (Å²) in [6, 6.07) is 6.06. The zero-order chi connectivity index (χ0) is 14.0. The molecule has 5 nitrogen and oxygen atoms in total. The van der Waals surface area contributed by atoms with Crippen molar-refractivity contribution in [2.24, 2.45) is 0 Å². The lowest BCUT2D eigenvalue weighted by Crippen LogP contribution is -2.15. The van der Waals surface area contributed by atoms with E-state index >= 15 is 0 Å². The average Bonchev–Trinajstić information content (AvgIpc) is 2.34. The summed E-state index contributed by atoms with van der Waals surface area (Å²) < 4.78 is 0. The molecule has 0 spiro atoms.